The van der Waals surface area contributed by atoms with E-state index in [2.05, 4.69) is 15.6 Å². The molecule has 152 valence electrons. The van der Waals surface area contributed by atoms with Crippen molar-refractivity contribution in [3.8, 4) is 5.75 Å². The second kappa shape index (κ2) is 12.0. The van der Waals surface area contributed by atoms with Crippen LogP contribution in [0.2, 0.25) is 0 Å². The molecule has 0 saturated heterocycles. The quantitative estimate of drug-likeness (QED) is 0.433. The van der Waals surface area contributed by atoms with Gasteiger partial charge in [0.2, 0.25) is 0 Å². The van der Waals surface area contributed by atoms with E-state index >= 15 is 0 Å². The molecule has 6 nitrogen and oxygen atoms in total. The summed E-state index contributed by atoms with van der Waals surface area (Å²) in [5.74, 6) is 1.49. The van der Waals surface area contributed by atoms with Gasteiger partial charge in [-0.1, -0.05) is 42.5 Å². The molecule has 0 aromatic heterocycles. The number of guanidine groups is 1. The maximum atomic E-state index is 10.2. The van der Waals surface area contributed by atoms with Crippen molar-refractivity contribution in [2.24, 2.45) is 4.99 Å². The van der Waals surface area contributed by atoms with Gasteiger partial charge in [0.25, 0.3) is 0 Å². The van der Waals surface area contributed by atoms with Gasteiger partial charge in [0.1, 0.15) is 5.75 Å². The molecule has 0 fully saturated rings. The van der Waals surface area contributed by atoms with Gasteiger partial charge in [-0.05, 0) is 37.1 Å². The lowest BCUT2D eigenvalue weighted by molar-refractivity contribution is -0.000599. The van der Waals surface area contributed by atoms with Crippen molar-refractivity contribution >= 4 is 5.96 Å². The van der Waals surface area contributed by atoms with Crippen LogP contribution in [0.5, 0.6) is 5.75 Å². The van der Waals surface area contributed by atoms with Crippen molar-refractivity contribution in [2.75, 3.05) is 26.8 Å². The number of aliphatic imine (C=N–C) groups is 1. The number of hydrogen-bond acceptors (Lipinski definition) is 4. The molecule has 2 aromatic rings. The highest BCUT2D eigenvalue weighted by atomic mass is 16.5. The molecular formula is C22H31N3O3. The van der Waals surface area contributed by atoms with Crippen LogP contribution in [0.3, 0.4) is 0 Å². The third-order valence-electron chi connectivity index (χ3n) is 4.24. The van der Waals surface area contributed by atoms with Crippen molar-refractivity contribution in [3.05, 3.63) is 65.7 Å². The highest BCUT2D eigenvalue weighted by Gasteiger charge is 2.10. The molecule has 0 radical (unpaired) electrons. The molecule has 3 N–H and O–H groups in total. The van der Waals surface area contributed by atoms with Gasteiger partial charge in [-0.3, -0.25) is 0 Å². The normalized spacial score (nSPS) is 13.6. The van der Waals surface area contributed by atoms with Crippen LogP contribution in [0.4, 0.5) is 0 Å². The Hall–Kier alpha value is -2.57. The summed E-state index contributed by atoms with van der Waals surface area (Å²) in [6.45, 7) is 5.88. The van der Waals surface area contributed by atoms with Crippen molar-refractivity contribution in [1.29, 1.82) is 0 Å². The third kappa shape index (κ3) is 7.58. The number of rotatable bonds is 10. The summed E-state index contributed by atoms with van der Waals surface area (Å²) in [5.41, 5.74) is 2.18. The first kappa shape index (κ1) is 21.7. The first-order chi connectivity index (χ1) is 13.6. The van der Waals surface area contributed by atoms with Crippen LogP contribution >= 0.6 is 0 Å². The summed E-state index contributed by atoms with van der Waals surface area (Å²) in [6.07, 6.45) is -0.691. The minimum atomic E-state index is -0.629. The molecule has 0 bridgehead atoms. The maximum Gasteiger partial charge on any atom is 0.191 e. The summed E-state index contributed by atoms with van der Waals surface area (Å²) < 4.78 is 10.9. The zero-order chi connectivity index (χ0) is 20.2. The SMILES string of the molecule is CCNC(=NCc1ccc(OC)cc1)NCC(O)COC(C)c1ccccc1. The Bertz CT molecular complexity index is 705. The van der Waals surface area contributed by atoms with Gasteiger partial charge >= 0.3 is 0 Å². The Morgan fingerprint density at radius 3 is 2.43 bits per heavy atom. The largest absolute Gasteiger partial charge is 0.497 e. The van der Waals surface area contributed by atoms with Gasteiger partial charge in [-0.2, -0.15) is 0 Å². The minimum Gasteiger partial charge on any atom is -0.497 e. The predicted molar refractivity (Wildman–Crippen MR) is 113 cm³/mol. The average Bonchev–Trinajstić information content (AvgIpc) is 2.75. The van der Waals surface area contributed by atoms with E-state index in [9.17, 15) is 5.11 Å². The Morgan fingerprint density at radius 1 is 1.07 bits per heavy atom. The summed E-state index contributed by atoms with van der Waals surface area (Å²) in [5, 5.41) is 16.6. The van der Waals surface area contributed by atoms with Crippen LogP contribution in [0, 0.1) is 0 Å². The van der Waals surface area contributed by atoms with Crippen molar-refractivity contribution in [2.45, 2.75) is 32.6 Å². The number of methoxy groups -OCH3 is 1. The molecular weight excluding hydrogens is 354 g/mol. The molecule has 0 saturated carbocycles. The molecule has 0 aliphatic heterocycles. The molecule has 2 rings (SSSR count). The van der Waals surface area contributed by atoms with Gasteiger partial charge in [-0.15, -0.1) is 0 Å². The number of benzene rings is 2. The number of aliphatic hydroxyl groups is 1. The van der Waals surface area contributed by atoms with Crippen LogP contribution in [-0.2, 0) is 11.3 Å². The second-order valence-electron chi connectivity index (χ2n) is 6.46. The first-order valence-corrected chi connectivity index (χ1v) is 9.62. The van der Waals surface area contributed by atoms with Crippen molar-refractivity contribution in [3.63, 3.8) is 0 Å². The highest BCUT2D eigenvalue weighted by Crippen LogP contribution is 2.16. The lowest BCUT2D eigenvalue weighted by Crippen LogP contribution is -2.42. The highest BCUT2D eigenvalue weighted by molar-refractivity contribution is 5.79. The van der Waals surface area contributed by atoms with E-state index in [4.69, 9.17) is 9.47 Å². The molecule has 0 aliphatic carbocycles. The fourth-order valence-corrected chi connectivity index (χ4v) is 2.59. The molecule has 0 aliphatic rings. The molecule has 2 aromatic carbocycles. The van der Waals surface area contributed by atoms with Crippen molar-refractivity contribution < 1.29 is 14.6 Å². The molecule has 0 amide bonds. The van der Waals surface area contributed by atoms with Gasteiger partial charge in [0, 0.05) is 13.1 Å². The fourth-order valence-electron chi connectivity index (χ4n) is 2.59. The summed E-state index contributed by atoms with van der Waals surface area (Å²) in [7, 11) is 1.65. The third-order valence-corrected chi connectivity index (χ3v) is 4.24. The Balaban J connectivity index is 1.79. The monoisotopic (exact) mass is 385 g/mol. The zero-order valence-corrected chi connectivity index (χ0v) is 16.9. The number of nitrogens with one attached hydrogen (secondary N) is 2. The number of ether oxygens (including phenoxy) is 2. The smallest absolute Gasteiger partial charge is 0.191 e. The van der Waals surface area contributed by atoms with Crippen LogP contribution in [-0.4, -0.2) is 44.0 Å². The lowest BCUT2D eigenvalue weighted by Gasteiger charge is -2.18. The maximum absolute atomic E-state index is 10.2. The average molecular weight is 386 g/mol. The second-order valence-corrected chi connectivity index (χ2v) is 6.46. The van der Waals surface area contributed by atoms with Gasteiger partial charge in [-0.25, -0.2) is 4.99 Å². The summed E-state index contributed by atoms with van der Waals surface area (Å²) in [4.78, 5) is 4.56. The number of aliphatic hydroxyl groups excluding tert-OH is 1. The molecule has 0 spiro atoms. The van der Waals surface area contributed by atoms with Gasteiger partial charge in [0.15, 0.2) is 5.96 Å². The topological polar surface area (TPSA) is 75.1 Å². The predicted octanol–water partition coefficient (Wildman–Crippen LogP) is 2.89. The van der Waals surface area contributed by atoms with Gasteiger partial charge < -0.3 is 25.2 Å². The number of hydrogen-bond donors (Lipinski definition) is 3. The van der Waals surface area contributed by atoms with Crippen LogP contribution in [0.1, 0.15) is 31.1 Å². The molecule has 28 heavy (non-hydrogen) atoms. The lowest BCUT2D eigenvalue weighted by atomic mass is 10.1. The summed E-state index contributed by atoms with van der Waals surface area (Å²) in [6, 6.07) is 17.8. The Labute approximate surface area is 167 Å². The standard InChI is InChI=1S/C22H31N3O3/c1-4-23-22(24-14-18-10-12-21(27-3)13-11-18)25-15-20(26)16-28-17(2)19-8-6-5-7-9-19/h5-13,17,20,26H,4,14-16H2,1-3H3,(H2,23,24,25). The van der Waals surface area contributed by atoms with E-state index < -0.39 is 6.10 Å². The van der Waals surface area contributed by atoms with E-state index in [1.807, 2.05) is 68.4 Å². The zero-order valence-electron chi connectivity index (χ0n) is 16.9. The molecule has 2 atom stereocenters. The van der Waals surface area contributed by atoms with Gasteiger partial charge in [0.05, 0.1) is 32.5 Å². The van der Waals surface area contributed by atoms with E-state index in [0.717, 1.165) is 23.4 Å². The fraction of sp³-hybridized carbons (Fsp3) is 0.409. The van der Waals surface area contributed by atoms with E-state index in [-0.39, 0.29) is 12.7 Å². The molecule has 6 heteroatoms. The minimum absolute atomic E-state index is 0.0622. The molecule has 2 unspecified atom stereocenters. The Morgan fingerprint density at radius 2 is 1.79 bits per heavy atom. The van der Waals surface area contributed by atoms with E-state index in [1.54, 1.807) is 7.11 Å². The molecule has 0 heterocycles. The number of nitrogens with zero attached hydrogens (tertiary/aromatic N) is 1. The van der Waals surface area contributed by atoms with E-state index in [1.165, 1.54) is 0 Å². The van der Waals surface area contributed by atoms with Crippen molar-refractivity contribution in [1.82, 2.24) is 10.6 Å². The van der Waals surface area contributed by atoms with Crippen LogP contribution in [0.15, 0.2) is 59.6 Å². The first-order valence-electron chi connectivity index (χ1n) is 9.62. The Kier molecular flexibility index (Phi) is 9.31. The van der Waals surface area contributed by atoms with Crippen LogP contribution < -0.4 is 15.4 Å². The summed E-state index contributed by atoms with van der Waals surface area (Å²) >= 11 is 0. The van der Waals surface area contributed by atoms with Crippen LogP contribution in [0.25, 0.3) is 0 Å². The van der Waals surface area contributed by atoms with E-state index in [0.29, 0.717) is 19.0 Å².